The average Bonchev–Trinajstić information content (AvgIpc) is 3.05. The van der Waals surface area contributed by atoms with Crippen molar-refractivity contribution in [2.75, 3.05) is 36.5 Å². The number of hydrogen-bond donors (Lipinski definition) is 1. The lowest BCUT2D eigenvalue weighted by atomic mass is 9.43. The molecule has 2 aliphatic rings. The molecular weight excluding hydrogens is 525 g/mol. The predicted molar refractivity (Wildman–Crippen MR) is 168 cm³/mol. The molecule has 0 bridgehead atoms. The lowest BCUT2D eigenvalue weighted by Gasteiger charge is -2.31. The third-order valence-electron chi connectivity index (χ3n) is 7.01. The van der Waals surface area contributed by atoms with E-state index in [1.807, 2.05) is 68.4 Å². The summed E-state index contributed by atoms with van der Waals surface area (Å²) in [6.45, 7) is 7.43. The van der Waals surface area contributed by atoms with Crippen molar-refractivity contribution < 1.29 is 9.47 Å². The van der Waals surface area contributed by atoms with E-state index in [0.29, 0.717) is 43.8 Å². The van der Waals surface area contributed by atoms with Crippen LogP contribution < -0.4 is 15.0 Å². The van der Waals surface area contributed by atoms with Gasteiger partial charge >= 0.3 is 0 Å². The van der Waals surface area contributed by atoms with Crippen LogP contribution in [0, 0.1) is 11.2 Å². The average molecular weight is 564 g/mol. The molecule has 6 rings (SSSR count). The summed E-state index contributed by atoms with van der Waals surface area (Å²) in [7, 11) is 0. The topological polar surface area (TPSA) is 109 Å². The molecule has 1 N–H and O–H groups in total. The van der Waals surface area contributed by atoms with E-state index in [4.69, 9.17) is 19.4 Å². The lowest BCUT2D eigenvalue weighted by molar-refractivity contribution is 0.122. The summed E-state index contributed by atoms with van der Waals surface area (Å²) < 4.78 is 11.4. The summed E-state index contributed by atoms with van der Waals surface area (Å²) in [5.74, 6) is 5.04. The third-order valence-corrected chi connectivity index (χ3v) is 7.01. The largest absolute Gasteiger partial charge is 0.473 e. The number of nitriles is 1. The molecule has 0 aliphatic carbocycles. The summed E-state index contributed by atoms with van der Waals surface area (Å²) in [5.41, 5.74) is 5.00. The van der Waals surface area contributed by atoms with Gasteiger partial charge in [-0.2, -0.15) is 4.98 Å². The Labute approximate surface area is 249 Å². The molecule has 0 radical (unpaired) electrons. The van der Waals surface area contributed by atoms with E-state index in [0.717, 1.165) is 54.2 Å². The normalized spacial score (nSPS) is 13.9. The highest BCUT2D eigenvalue weighted by molar-refractivity contribution is 6.66. The van der Waals surface area contributed by atoms with Crippen molar-refractivity contribution in [1.82, 2.24) is 19.9 Å². The number of aromatic nitrogens is 4. The SMILES string of the molecule is C.CC.N#CB1CCc2c(nc(-c3ccc(Nc4nccc(OCc5ccccc5)n4)cc3)nc2N2CCOCC2)C1. The zero-order valence-corrected chi connectivity index (χ0v) is 23.6. The number of nitrogens with zero attached hydrogens (tertiary/aromatic N) is 6. The zero-order valence-electron chi connectivity index (χ0n) is 23.6. The smallest absolute Gasteiger partial charge is 0.274 e. The Balaban J connectivity index is 0.00000132. The second-order valence-electron chi connectivity index (χ2n) is 9.66. The van der Waals surface area contributed by atoms with E-state index in [9.17, 15) is 5.26 Å². The number of anilines is 3. The number of rotatable bonds is 7. The molecule has 4 aromatic rings. The van der Waals surface area contributed by atoms with E-state index in [-0.39, 0.29) is 14.1 Å². The fourth-order valence-electron chi connectivity index (χ4n) is 4.92. The van der Waals surface area contributed by atoms with E-state index in [1.165, 1.54) is 5.56 Å². The minimum absolute atomic E-state index is 0. The minimum Gasteiger partial charge on any atom is -0.473 e. The van der Waals surface area contributed by atoms with Gasteiger partial charge in [-0.25, -0.2) is 20.2 Å². The highest BCUT2D eigenvalue weighted by Crippen LogP contribution is 2.32. The van der Waals surface area contributed by atoms with Crippen molar-refractivity contribution >= 4 is 24.2 Å². The van der Waals surface area contributed by atoms with Gasteiger partial charge in [-0.1, -0.05) is 57.9 Å². The molecule has 9 nitrogen and oxygen atoms in total. The van der Waals surface area contributed by atoms with Crippen LogP contribution >= 0.6 is 0 Å². The van der Waals surface area contributed by atoms with Crippen molar-refractivity contribution in [1.29, 1.82) is 5.26 Å². The molecule has 0 saturated carbocycles. The number of ether oxygens (including phenoxy) is 2. The number of fused-ring (bicyclic) bond motifs is 1. The molecule has 1 fully saturated rings. The maximum absolute atomic E-state index is 9.53. The molecular formula is C32H38BN7O2. The van der Waals surface area contributed by atoms with Crippen molar-refractivity contribution in [3.63, 3.8) is 0 Å². The second kappa shape index (κ2) is 14.9. The van der Waals surface area contributed by atoms with Crippen LogP contribution in [0.3, 0.4) is 0 Å². The molecule has 0 atom stereocenters. The summed E-state index contributed by atoms with van der Waals surface area (Å²) in [6.07, 6.45) is 4.02. The minimum atomic E-state index is -0.00296. The molecule has 42 heavy (non-hydrogen) atoms. The number of benzene rings is 2. The third kappa shape index (κ3) is 7.42. The number of hydrogen-bond acceptors (Lipinski definition) is 9. The lowest BCUT2D eigenvalue weighted by Crippen LogP contribution is -2.38. The van der Waals surface area contributed by atoms with Gasteiger partial charge in [-0.3, -0.25) is 0 Å². The zero-order chi connectivity index (χ0) is 28.4. The fraction of sp³-hybridized carbons (Fsp3) is 0.344. The molecule has 1 saturated heterocycles. The van der Waals surface area contributed by atoms with Crippen LogP contribution in [0.5, 0.6) is 5.88 Å². The van der Waals surface area contributed by atoms with Gasteiger partial charge in [-0.05, 0) is 42.6 Å². The van der Waals surface area contributed by atoms with Crippen LogP contribution in [-0.4, -0.2) is 53.0 Å². The number of nitrogens with one attached hydrogen (secondary N) is 1. The first kappa shape index (κ1) is 30.5. The molecule has 10 heteroatoms. The van der Waals surface area contributed by atoms with E-state index < -0.39 is 0 Å². The van der Waals surface area contributed by atoms with Gasteiger partial charge in [0.1, 0.15) is 12.4 Å². The summed E-state index contributed by atoms with van der Waals surface area (Å²) in [6, 6.07) is 19.6. The van der Waals surface area contributed by atoms with Crippen molar-refractivity contribution in [3.05, 3.63) is 83.7 Å². The number of morpholine rings is 1. The molecule has 216 valence electrons. The van der Waals surface area contributed by atoms with Crippen molar-refractivity contribution in [2.24, 2.45) is 0 Å². The van der Waals surface area contributed by atoms with Gasteiger partial charge in [0.05, 0.1) is 13.2 Å². The molecule has 0 spiro atoms. The van der Waals surface area contributed by atoms with Crippen LogP contribution in [0.2, 0.25) is 6.32 Å². The Morgan fingerprint density at radius 2 is 1.76 bits per heavy atom. The van der Waals surface area contributed by atoms with Gasteiger partial charge in [0.15, 0.2) is 5.82 Å². The van der Waals surface area contributed by atoms with E-state index in [2.05, 4.69) is 26.2 Å². The van der Waals surface area contributed by atoms with Crippen LogP contribution in [0.15, 0.2) is 66.9 Å². The highest BCUT2D eigenvalue weighted by atomic mass is 16.5. The Hall–Kier alpha value is -4.49. The fourth-order valence-corrected chi connectivity index (χ4v) is 4.92. The standard InChI is InChI=1S/C29H28BN7O2.C2H6.CH4/c31-20-30-12-10-24-25(18-30)34-27(36-28(24)37-14-16-38-17-15-37)22-6-8-23(9-7-22)33-29-32-13-11-26(35-29)39-19-21-4-2-1-3-5-21;1-2;/h1-9,11,13H,10,12,14-19H2,(H,32,33,35);1-2H3;1H4. The molecule has 4 heterocycles. The van der Waals surface area contributed by atoms with E-state index >= 15 is 0 Å². The monoisotopic (exact) mass is 563 g/mol. The van der Waals surface area contributed by atoms with E-state index in [1.54, 1.807) is 12.3 Å². The van der Waals surface area contributed by atoms with Crippen LogP contribution in [0.1, 0.15) is 38.1 Å². The highest BCUT2D eigenvalue weighted by Gasteiger charge is 2.29. The summed E-state index contributed by atoms with van der Waals surface area (Å²) in [4.78, 5) is 21.0. The van der Waals surface area contributed by atoms with Gasteiger partial charge in [0, 0.05) is 53.8 Å². The van der Waals surface area contributed by atoms with Crippen molar-refractivity contribution in [3.8, 4) is 23.2 Å². The van der Waals surface area contributed by atoms with Gasteiger partial charge in [-0.15, -0.1) is 0 Å². The molecule has 0 unspecified atom stereocenters. The van der Waals surface area contributed by atoms with Gasteiger partial charge < -0.3 is 19.7 Å². The van der Waals surface area contributed by atoms with Gasteiger partial charge in [0.2, 0.25) is 11.8 Å². The Kier molecular flexibility index (Phi) is 10.8. The van der Waals surface area contributed by atoms with Gasteiger partial charge in [0.25, 0.3) is 6.71 Å². The quantitative estimate of drug-likeness (QED) is 0.273. The predicted octanol–water partition coefficient (Wildman–Crippen LogP) is 5.95. The Bertz CT molecular complexity index is 1470. The first-order valence-corrected chi connectivity index (χ1v) is 14.2. The maximum Gasteiger partial charge on any atom is 0.274 e. The van der Waals surface area contributed by atoms with Crippen LogP contribution in [0.25, 0.3) is 11.4 Å². The molecule has 0 amide bonds. The summed E-state index contributed by atoms with van der Waals surface area (Å²) in [5, 5.41) is 12.8. The first-order chi connectivity index (χ1) is 20.2. The first-order valence-electron chi connectivity index (χ1n) is 14.2. The molecule has 2 aromatic heterocycles. The van der Waals surface area contributed by atoms with Crippen LogP contribution in [-0.2, 0) is 24.1 Å². The van der Waals surface area contributed by atoms with Crippen LogP contribution in [0.4, 0.5) is 17.5 Å². The molecule has 2 aliphatic heterocycles. The Morgan fingerprint density at radius 1 is 1.00 bits per heavy atom. The van der Waals surface area contributed by atoms with Crippen molar-refractivity contribution in [2.45, 2.75) is 46.9 Å². The Morgan fingerprint density at radius 3 is 2.50 bits per heavy atom. The molecule has 2 aromatic carbocycles. The maximum atomic E-state index is 9.53. The summed E-state index contributed by atoms with van der Waals surface area (Å²) >= 11 is 0. The second-order valence-corrected chi connectivity index (χ2v) is 9.66.